The second kappa shape index (κ2) is 25.8. The van der Waals surface area contributed by atoms with E-state index in [-0.39, 0.29) is 23.3 Å². The molecule has 20 heteroatoms. The van der Waals surface area contributed by atoms with Crippen LogP contribution in [0.25, 0.3) is 11.1 Å². The zero-order valence-corrected chi connectivity index (χ0v) is 46.0. The lowest BCUT2D eigenvalue weighted by atomic mass is 9.71. The van der Waals surface area contributed by atoms with E-state index >= 15 is 0 Å². The van der Waals surface area contributed by atoms with Gasteiger partial charge in [0.05, 0.1) is 16.7 Å². The van der Waals surface area contributed by atoms with Gasteiger partial charge in [0.25, 0.3) is 25.8 Å². The monoisotopic (exact) mass is 1140 g/mol. The summed E-state index contributed by atoms with van der Waals surface area (Å²) in [5.41, 5.74) is -2.52. The molecule has 0 aromatic heterocycles. The molecule has 0 aliphatic carbocycles. The second-order valence-corrected chi connectivity index (χ2v) is 25.7. The lowest BCUT2D eigenvalue weighted by Crippen LogP contribution is -2.47. The molecule has 3 fully saturated rings. The molecule has 1 amide bonds. The van der Waals surface area contributed by atoms with Crippen LogP contribution in [0.5, 0.6) is 0 Å². The average Bonchev–Trinajstić information content (AvgIpc) is 3.43. The average molecular weight is 1140 g/mol. The predicted molar refractivity (Wildman–Crippen MR) is 297 cm³/mol. The predicted octanol–water partition coefficient (Wildman–Crippen LogP) is 11.2. The molecule has 5 aromatic rings. The van der Waals surface area contributed by atoms with Gasteiger partial charge in [-0.1, -0.05) is 72.6 Å². The van der Waals surface area contributed by atoms with Gasteiger partial charge >= 0.3 is 11.5 Å². The van der Waals surface area contributed by atoms with Crippen LogP contribution in [-0.4, -0.2) is 118 Å². The maximum absolute atomic E-state index is 14.4. The number of aliphatic hydroxyl groups is 1. The van der Waals surface area contributed by atoms with Crippen molar-refractivity contribution in [2.45, 2.75) is 103 Å². The minimum atomic E-state index is -6.11. The smallest absolute Gasteiger partial charge is 0.481 e. The summed E-state index contributed by atoms with van der Waals surface area (Å²) in [5.74, 6) is -1.49. The number of carbonyl (C=O) groups excluding carboxylic acids is 1. The Kier molecular flexibility index (Phi) is 19.4. The Morgan fingerprint density at radius 2 is 1.38 bits per heavy atom. The van der Waals surface area contributed by atoms with Crippen LogP contribution in [0.4, 0.5) is 24.5 Å². The number of carbonyl (C=O) groups is 2. The SMILES string of the molecule is O=C(O)CCCCCN1CCC2(CC1)CCN(CCC(CSc1ccccc1)Nc1ccc(S(=O)(=O)NC(=O)c3ccc(N4CCC(C(O)c5ccccc5-c5ccc(Cl)cc5)CC4)cc3)cc1S(=O)(=O)C(F)(F)F)CC2. The number of sulfone groups is 1. The molecule has 5 aromatic carbocycles. The van der Waals surface area contributed by atoms with Crippen molar-refractivity contribution in [1.82, 2.24) is 14.5 Å². The minimum absolute atomic E-state index is 0.0254. The molecule has 3 heterocycles. The molecule has 3 saturated heterocycles. The van der Waals surface area contributed by atoms with Crippen molar-refractivity contribution >= 4 is 66.5 Å². The van der Waals surface area contributed by atoms with Crippen molar-refractivity contribution in [1.29, 1.82) is 0 Å². The molecule has 8 rings (SSSR count). The largest absolute Gasteiger partial charge is 0.501 e. The normalized spacial score (nSPS) is 17.7. The summed E-state index contributed by atoms with van der Waals surface area (Å²) in [6.07, 6.45) is 8.05. The first-order chi connectivity index (χ1) is 36.8. The van der Waals surface area contributed by atoms with Gasteiger partial charge in [0.1, 0.15) is 4.90 Å². The molecular formula is C57H67ClF3N5O8S3. The number of aliphatic hydroxyl groups excluding tert-OH is 1. The van der Waals surface area contributed by atoms with Crippen molar-refractivity contribution in [2.24, 2.45) is 11.3 Å². The minimum Gasteiger partial charge on any atom is -0.481 e. The fourth-order valence-electron chi connectivity index (χ4n) is 10.8. The number of carboxylic acids is 1. The topological polar surface area (TPSA) is 177 Å². The molecule has 2 atom stereocenters. The molecule has 4 N–H and O–H groups in total. The van der Waals surface area contributed by atoms with E-state index in [4.69, 9.17) is 16.7 Å². The Balaban J connectivity index is 0.894. The van der Waals surface area contributed by atoms with Gasteiger partial charge in [-0.3, -0.25) is 9.59 Å². The lowest BCUT2D eigenvalue weighted by Gasteiger charge is -2.47. The van der Waals surface area contributed by atoms with Gasteiger partial charge < -0.3 is 30.2 Å². The maximum atomic E-state index is 14.4. The van der Waals surface area contributed by atoms with Crippen LogP contribution in [-0.2, 0) is 24.7 Å². The first-order valence-electron chi connectivity index (χ1n) is 26.3. The number of sulfonamides is 1. The number of hydrogen-bond acceptors (Lipinski definition) is 12. The molecule has 13 nitrogen and oxygen atoms in total. The van der Waals surface area contributed by atoms with Crippen LogP contribution < -0.4 is 14.9 Å². The second-order valence-electron chi connectivity index (χ2n) is 20.6. The number of anilines is 2. The van der Waals surface area contributed by atoms with E-state index < -0.39 is 64.9 Å². The fourth-order valence-corrected chi connectivity index (χ4v) is 14.0. The number of alkyl halides is 3. The van der Waals surface area contributed by atoms with Gasteiger partial charge in [0.15, 0.2) is 0 Å². The van der Waals surface area contributed by atoms with Crippen molar-refractivity contribution in [3.63, 3.8) is 0 Å². The van der Waals surface area contributed by atoms with Crippen molar-refractivity contribution in [2.75, 3.05) is 68.3 Å². The molecule has 0 bridgehead atoms. The number of carboxylic acid groups (broad SMARTS) is 1. The molecule has 77 heavy (non-hydrogen) atoms. The van der Waals surface area contributed by atoms with E-state index in [2.05, 4.69) is 20.0 Å². The number of rotatable bonds is 22. The number of unbranched alkanes of at least 4 members (excludes halogenated alkanes) is 2. The number of benzene rings is 5. The van der Waals surface area contributed by atoms with E-state index in [1.807, 2.05) is 83.6 Å². The van der Waals surface area contributed by atoms with Crippen molar-refractivity contribution < 1.29 is 49.8 Å². The number of piperidine rings is 3. The van der Waals surface area contributed by atoms with Gasteiger partial charge in [0.2, 0.25) is 0 Å². The Morgan fingerprint density at radius 3 is 2.01 bits per heavy atom. The van der Waals surface area contributed by atoms with E-state index in [9.17, 15) is 44.7 Å². The zero-order valence-electron chi connectivity index (χ0n) is 42.8. The van der Waals surface area contributed by atoms with E-state index in [1.54, 1.807) is 12.1 Å². The van der Waals surface area contributed by atoms with Crippen LogP contribution in [0.3, 0.4) is 0 Å². The Hall–Kier alpha value is -5.15. The summed E-state index contributed by atoms with van der Waals surface area (Å²) in [7, 11) is -11.0. The summed E-state index contributed by atoms with van der Waals surface area (Å²) in [6, 6.07) is 32.7. The van der Waals surface area contributed by atoms with E-state index in [1.165, 1.54) is 23.9 Å². The Labute approximate surface area is 459 Å². The highest BCUT2D eigenvalue weighted by Crippen LogP contribution is 2.42. The summed E-state index contributed by atoms with van der Waals surface area (Å²) >= 11 is 7.58. The first-order valence-corrected chi connectivity index (χ1v) is 30.6. The van der Waals surface area contributed by atoms with Gasteiger partial charge in [-0.15, -0.1) is 11.8 Å². The maximum Gasteiger partial charge on any atom is 0.501 e. The summed E-state index contributed by atoms with van der Waals surface area (Å²) in [4.78, 5) is 30.0. The first kappa shape index (κ1) is 58.0. The Morgan fingerprint density at radius 1 is 0.753 bits per heavy atom. The number of nitrogens with zero attached hydrogens (tertiary/aromatic N) is 3. The van der Waals surface area contributed by atoms with Crippen LogP contribution in [0.2, 0.25) is 5.02 Å². The Bertz CT molecular complexity index is 3000. The highest BCUT2D eigenvalue weighted by atomic mass is 35.5. The third-order valence-corrected chi connectivity index (χ3v) is 19.8. The number of nitrogens with one attached hydrogen (secondary N) is 2. The number of amides is 1. The van der Waals surface area contributed by atoms with Crippen LogP contribution >= 0.6 is 23.4 Å². The lowest BCUT2D eigenvalue weighted by molar-refractivity contribution is -0.137. The van der Waals surface area contributed by atoms with E-state index in [0.717, 1.165) is 111 Å². The molecule has 1 spiro atoms. The fraction of sp³-hybridized carbons (Fsp3) is 0.439. The van der Waals surface area contributed by atoms with Gasteiger partial charge in [0, 0.05) is 59.0 Å². The number of aliphatic carboxylic acids is 1. The summed E-state index contributed by atoms with van der Waals surface area (Å²) in [6.45, 7) is 6.47. The molecule has 2 unspecified atom stereocenters. The molecule has 0 radical (unpaired) electrons. The third kappa shape index (κ3) is 15.2. The number of thioether (sulfide) groups is 1. The quantitative estimate of drug-likeness (QED) is 0.0381. The summed E-state index contributed by atoms with van der Waals surface area (Å²) in [5, 5.41) is 24.2. The van der Waals surface area contributed by atoms with Crippen LogP contribution in [0, 0.1) is 11.3 Å². The number of hydrogen-bond donors (Lipinski definition) is 4. The van der Waals surface area contributed by atoms with Gasteiger partial charge in [-0.25, -0.2) is 21.6 Å². The number of likely N-dealkylation sites (tertiary alicyclic amines) is 2. The highest BCUT2D eigenvalue weighted by Gasteiger charge is 2.49. The van der Waals surface area contributed by atoms with Gasteiger partial charge in [-0.2, -0.15) is 13.2 Å². The molecule has 414 valence electrons. The molecule has 0 saturated carbocycles. The molecule has 3 aliphatic rings. The standard InChI is InChI=1S/C57H67ClF3N5O8S3/c58-44-18-14-41(15-19-44)49-11-6-7-12-50(49)54(69)42-24-33-66(34-25-42)46-20-16-43(17-21-46)55(70)63-77(73,74)48-22-23-51(52(39-48)76(71,72)57(59,60)61)62-45(40-75-47-9-3-1-4-10-47)26-32-65-37-29-56(30-38-65)27-35-64(36-28-56)31-8-2-5-13-53(67)68/h1,3-4,6-7,9-12,14-23,39,42,45,54,62,69H,2,5,8,13,24-38,40H2,(H,63,70)(H,67,68). The van der Waals surface area contributed by atoms with Gasteiger partial charge in [-0.05, 0) is 185 Å². The zero-order chi connectivity index (χ0) is 54.8. The van der Waals surface area contributed by atoms with Crippen LogP contribution in [0.15, 0.2) is 136 Å². The highest BCUT2D eigenvalue weighted by molar-refractivity contribution is 7.99. The summed E-state index contributed by atoms with van der Waals surface area (Å²) < 4.78 is 99.3. The van der Waals surface area contributed by atoms with Crippen LogP contribution in [0.1, 0.15) is 92.7 Å². The van der Waals surface area contributed by atoms with Crippen molar-refractivity contribution in [3.05, 3.63) is 137 Å². The molecular weight excluding hydrogens is 1070 g/mol. The van der Waals surface area contributed by atoms with E-state index in [0.29, 0.717) is 62.2 Å². The third-order valence-electron chi connectivity index (χ3n) is 15.5. The molecule has 3 aliphatic heterocycles. The number of halogens is 4. The van der Waals surface area contributed by atoms with Crippen molar-refractivity contribution in [3.8, 4) is 11.1 Å².